The molecule has 0 radical (unpaired) electrons. The van der Waals surface area contributed by atoms with Crippen LogP contribution in [-0.4, -0.2) is 36.8 Å². The summed E-state index contributed by atoms with van der Waals surface area (Å²) in [5, 5.41) is 9.77. The van der Waals surface area contributed by atoms with Gasteiger partial charge >= 0.3 is 0 Å². The van der Waals surface area contributed by atoms with Gasteiger partial charge in [-0.25, -0.2) is 0 Å². The van der Waals surface area contributed by atoms with Gasteiger partial charge in [-0.3, -0.25) is 4.90 Å². The molecule has 1 aromatic rings. The molecule has 0 bridgehead atoms. The van der Waals surface area contributed by atoms with E-state index in [1.165, 1.54) is 36.8 Å². The summed E-state index contributed by atoms with van der Waals surface area (Å²) in [6.07, 6.45) is 6.06. The zero-order valence-electron chi connectivity index (χ0n) is 12.3. The number of phenols is 1. The lowest BCUT2D eigenvalue weighted by atomic mass is 9.86. The summed E-state index contributed by atoms with van der Waals surface area (Å²) < 4.78 is 5.59. The highest BCUT2D eigenvalue weighted by molar-refractivity contribution is 5.38. The van der Waals surface area contributed by atoms with Crippen LogP contribution in [0.15, 0.2) is 18.2 Å². The fraction of sp³-hybridized carbons (Fsp3) is 0.647. The second-order valence-corrected chi connectivity index (χ2v) is 6.31. The first kappa shape index (κ1) is 13.9. The lowest BCUT2D eigenvalue weighted by Gasteiger charge is -2.36. The van der Waals surface area contributed by atoms with Crippen molar-refractivity contribution in [1.82, 2.24) is 4.90 Å². The second-order valence-electron chi connectivity index (χ2n) is 6.31. The SMILES string of the molecule is CN(CC1CCCOC1)C1CCCc2ccc(O)cc21. The number of ether oxygens (including phenoxy) is 1. The van der Waals surface area contributed by atoms with Gasteiger partial charge in [0.05, 0.1) is 6.61 Å². The van der Waals surface area contributed by atoms with E-state index in [0.29, 0.717) is 17.7 Å². The van der Waals surface area contributed by atoms with Crippen molar-refractivity contribution < 1.29 is 9.84 Å². The summed E-state index contributed by atoms with van der Waals surface area (Å²) in [5.41, 5.74) is 2.74. The van der Waals surface area contributed by atoms with Crippen molar-refractivity contribution in [3.05, 3.63) is 29.3 Å². The minimum absolute atomic E-state index is 0.394. The van der Waals surface area contributed by atoms with E-state index in [1.807, 2.05) is 12.1 Å². The fourth-order valence-corrected chi connectivity index (χ4v) is 3.71. The number of hydrogen-bond acceptors (Lipinski definition) is 3. The molecule has 3 rings (SSSR count). The Morgan fingerprint density at radius 1 is 1.30 bits per heavy atom. The molecule has 1 aromatic carbocycles. The van der Waals surface area contributed by atoms with Crippen molar-refractivity contribution in [2.45, 2.75) is 38.1 Å². The highest BCUT2D eigenvalue weighted by atomic mass is 16.5. The van der Waals surface area contributed by atoms with Gasteiger partial charge < -0.3 is 9.84 Å². The molecule has 0 amide bonds. The molecular weight excluding hydrogens is 250 g/mol. The van der Waals surface area contributed by atoms with E-state index in [4.69, 9.17) is 4.74 Å². The predicted octanol–water partition coefficient (Wildman–Crippen LogP) is 3.13. The van der Waals surface area contributed by atoms with E-state index < -0.39 is 0 Å². The minimum atomic E-state index is 0.394. The number of hydrogen-bond donors (Lipinski definition) is 1. The average Bonchev–Trinajstić information content (AvgIpc) is 2.47. The molecule has 1 fully saturated rings. The normalized spacial score (nSPS) is 26.5. The Labute approximate surface area is 121 Å². The van der Waals surface area contributed by atoms with Gasteiger partial charge in [0, 0.05) is 19.2 Å². The standard InChI is InChI=1S/C17H25NO2/c1-18(11-13-4-3-9-20-12-13)17-6-2-5-14-7-8-15(19)10-16(14)17/h7-8,10,13,17,19H,2-6,9,11-12H2,1H3. The van der Waals surface area contributed by atoms with Crippen LogP contribution in [0.2, 0.25) is 0 Å². The zero-order chi connectivity index (χ0) is 13.9. The Kier molecular flexibility index (Phi) is 4.27. The van der Waals surface area contributed by atoms with E-state index in [1.54, 1.807) is 0 Å². The molecule has 0 saturated carbocycles. The number of phenolic OH excluding ortho intramolecular Hbond substituents is 1. The highest BCUT2D eigenvalue weighted by Crippen LogP contribution is 2.36. The first-order valence-corrected chi connectivity index (χ1v) is 7.84. The molecule has 0 spiro atoms. The molecule has 1 heterocycles. The van der Waals surface area contributed by atoms with Crippen LogP contribution in [0.25, 0.3) is 0 Å². The average molecular weight is 275 g/mol. The number of benzene rings is 1. The zero-order valence-corrected chi connectivity index (χ0v) is 12.3. The topological polar surface area (TPSA) is 32.7 Å². The van der Waals surface area contributed by atoms with Crippen LogP contribution in [0.1, 0.15) is 42.9 Å². The summed E-state index contributed by atoms with van der Waals surface area (Å²) in [4.78, 5) is 2.47. The summed E-state index contributed by atoms with van der Waals surface area (Å²) >= 11 is 0. The van der Waals surface area contributed by atoms with E-state index >= 15 is 0 Å². The number of rotatable bonds is 3. The van der Waals surface area contributed by atoms with Gasteiger partial charge in [-0.05, 0) is 68.3 Å². The number of aromatic hydroxyl groups is 1. The van der Waals surface area contributed by atoms with Crippen LogP contribution < -0.4 is 0 Å². The summed E-state index contributed by atoms with van der Waals surface area (Å²) in [5.74, 6) is 1.06. The molecule has 20 heavy (non-hydrogen) atoms. The Hall–Kier alpha value is -1.06. The molecule has 1 aliphatic carbocycles. The number of fused-ring (bicyclic) bond motifs is 1. The van der Waals surface area contributed by atoms with Gasteiger partial charge in [0.1, 0.15) is 5.75 Å². The van der Waals surface area contributed by atoms with Gasteiger partial charge in [0.25, 0.3) is 0 Å². The highest BCUT2D eigenvalue weighted by Gasteiger charge is 2.26. The van der Waals surface area contributed by atoms with Crippen LogP contribution in [-0.2, 0) is 11.2 Å². The fourth-order valence-electron chi connectivity index (χ4n) is 3.71. The van der Waals surface area contributed by atoms with E-state index in [9.17, 15) is 5.11 Å². The maximum absolute atomic E-state index is 9.77. The molecule has 2 aliphatic rings. The van der Waals surface area contributed by atoms with Crippen LogP contribution in [0.3, 0.4) is 0 Å². The van der Waals surface area contributed by atoms with Crippen molar-refractivity contribution in [2.24, 2.45) is 5.92 Å². The Balaban J connectivity index is 1.72. The van der Waals surface area contributed by atoms with Crippen LogP contribution in [0.4, 0.5) is 0 Å². The first-order chi connectivity index (χ1) is 9.74. The Bertz CT molecular complexity index is 454. The molecule has 0 aromatic heterocycles. The summed E-state index contributed by atoms with van der Waals surface area (Å²) in [6, 6.07) is 6.32. The first-order valence-electron chi connectivity index (χ1n) is 7.84. The number of nitrogens with zero attached hydrogens (tertiary/aromatic N) is 1. The van der Waals surface area contributed by atoms with Crippen molar-refractivity contribution in [3.8, 4) is 5.75 Å². The molecule has 2 atom stereocenters. The minimum Gasteiger partial charge on any atom is -0.508 e. The lowest BCUT2D eigenvalue weighted by molar-refractivity contribution is 0.0347. The van der Waals surface area contributed by atoms with Crippen molar-refractivity contribution in [3.63, 3.8) is 0 Å². The number of aryl methyl sites for hydroxylation is 1. The maximum atomic E-state index is 9.77. The van der Waals surface area contributed by atoms with Gasteiger partial charge in [0.15, 0.2) is 0 Å². The molecule has 3 nitrogen and oxygen atoms in total. The molecule has 1 aliphatic heterocycles. The van der Waals surface area contributed by atoms with Crippen molar-refractivity contribution in [2.75, 3.05) is 26.8 Å². The quantitative estimate of drug-likeness (QED) is 0.920. The molecule has 1 saturated heterocycles. The van der Waals surface area contributed by atoms with E-state index in [-0.39, 0.29) is 0 Å². The molecule has 2 unspecified atom stereocenters. The third kappa shape index (κ3) is 2.99. The maximum Gasteiger partial charge on any atom is 0.115 e. The third-order valence-electron chi connectivity index (χ3n) is 4.74. The van der Waals surface area contributed by atoms with Gasteiger partial charge in [-0.1, -0.05) is 6.07 Å². The van der Waals surface area contributed by atoms with Gasteiger partial charge in [-0.2, -0.15) is 0 Å². The lowest BCUT2D eigenvalue weighted by Crippen LogP contribution is -2.35. The third-order valence-corrected chi connectivity index (χ3v) is 4.74. The van der Waals surface area contributed by atoms with Crippen LogP contribution in [0.5, 0.6) is 5.75 Å². The van der Waals surface area contributed by atoms with Crippen LogP contribution in [0, 0.1) is 5.92 Å². The molecule has 3 heteroatoms. The Morgan fingerprint density at radius 2 is 2.20 bits per heavy atom. The predicted molar refractivity (Wildman–Crippen MR) is 80.0 cm³/mol. The van der Waals surface area contributed by atoms with Gasteiger partial charge in [0.2, 0.25) is 0 Å². The van der Waals surface area contributed by atoms with Gasteiger partial charge in [-0.15, -0.1) is 0 Å². The van der Waals surface area contributed by atoms with Crippen molar-refractivity contribution >= 4 is 0 Å². The molecular formula is C17H25NO2. The monoisotopic (exact) mass is 275 g/mol. The van der Waals surface area contributed by atoms with Crippen LogP contribution >= 0.6 is 0 Å². The Morgan fingerprint density at radius 3 is 3.00 bits per heavy atom. The molecule has 110 valence electrons. The summed E-state index contributed by atoms with van der Waals surface area (Å²) in [7, 11) is 2.22. The molecule has 1 N–H and O–H groups in total. The summed E-state index contributed by atoms with van der Waals surface area (Å²) in [6.45, 7) is 2.93. The van der Waals surface area contributed by atoms with E-state index in [0.717, 1.165) is 26.2 Å². The largest absolute Gasteiger partial charge is 0.508 e. The second kappa shape index (κ2) is 6.15. The van der Waals surface area contributed by atoms with Crippen molar-refractivity contribution in [1.29, 1.82) is 0 Å². The smallest absolute Gasteiger partial charge is 0.115 e. The van der Waals surface area contributed by atoms with E-state index in [2.05, 4.69) is 18.0 Å².